The van der Waals surface area contributed by atoms with Crippen molar-refractivity contribution in [2.75, 3.05) is 39.5 Å². The zero-order chi connectivity index (χ0) is 11.2. The van der Waals surface area contributed by atoms with Crippen LogP contribution in [0.1, 0.15) is 11.5 Å². The summed E-state index contributed by atoms with van der Waals surface area (Å²) in [6.07, 6.45) is 0. The number of furan rings is 1. The summed E-state index contributed by atoms with van der Waals surface area (Å²) in [6, 6.07) is 3.92. The average Bonchev–Trinajstić information content (AvgIpc) is 2.72. The SMILES string of the molecule is Cc1ccc(COCCN2CCOCC2)o1. The molecule has 1 aromatic rings. The predicted octanol–water partition coefficient (Wildman–Crippen LogP) is 1.44. The first kappa shape index (κ1) is 11.6. The second-order valence-corrected chi connectivity index (χ2v) is 4.02. The first-order valence-electron chi connectivity index (χ1n) is 5.78. The van der Waals surface area contributed by atoms with Crippen LogP contribution < -0.4 is 0 Å². The normalized spacial score (nSPS) is 17.8. The number of hydrogen-bond donors (Lipinski definition) is 0. The Hall–Kier alpha value is -0.840. The lowest BCUT2D eigenvalue weighted by Crippen LogP contribution is -2.38. The van der Waals surface area contributed by atoms with Gasteiger partial charge in [0.15, 0.2) is 0 Å². The van der Waals surface area contributed by atoms with Crippen LogP contribution >= 0.6 is 0 Å². The van der Waals surface area contributed by atoms with Crippen LogP contribution in [-0.4, -0.2) is 44.4 Å². The van der Waals surface area contributed by atoms with Crippen molar-refractivity contribution in [3.8, 4) is 0 Å². The molecule has 0 aliphatic carbocycles. The molecule has 0 N–H and O–H groups in total. The highest BCUT2D eigenvalue weighted by Gasteiger charge is 2.09. The van der Waals surface area contributed by atoms with Gasteiger partial charge in [-0.2, -0.15) is 0 Å². The second kappa shape index (κ2) is 6.03. The third-order valence-corrected chi connectivity index (χ3v) is 2.70. The summed E-state index contributed by atoms with van der Waals surface area (Å²) >= 11 is 0. The van der Waals surface area contributed by atoms with Gasteiger partial charge in [-0.05, 0) is 19.1 Å². The summed E-state index contributed by atoms with van der Waals surface area (Å²) < 4.78 is 16.3. The standard InChI is InChI=1S/C12H19NO3/c1-11-2-3-12(16-11)10-15-9-6-13-4-7-14-8-5-13/h2-3H,4-10H2,1H3. The zero-order valence-corrected chi connectivity index (χ0v) is 9.78. The van der Waals surface area contributed by atoms with E-state index in [1.54, 1.807) is 0 Å². The van der Waals surface area contributed by atoms with Gasteiger partial charge in [0.1, 0.15) is 18.1 Å². The number of hydrogen-bond acceptors (Lipinski definition) is 4. The number of morpholine rings is 1. The van der Waals surface area contributed by atoms with Crippen molar-refractivity contribution in [2.24, 2.45) is 0 Å². The fraction of sp³-hybridized carbons (Fsp3) is 0.667. The summed E-state index contributed by atoms with van der Waals surface area (Å²) in [7, 11) is 0. The van der Waals surface area contributed by atoms with Crippen molar-refractivity contribution in [3.63, 3.8) is 0 Å². The van der Waals surface area contributed by atoms with Crippen LogP contribution in [0, 0.1) is 6.92 Å². The summed E-state index contributed by atoms with van der Waals surface area (Å²) in [5.74, 6) is 1.84. The van der Waals surface area contributed by atoms with Crippen LogP contribution in [0.4, 0.5) is 0 Å². The molecule has 0 amide bonds. The lowest BCUT2D eigenvalue weighted by molar-refractivity contribution is 0.0160. The molecule has 2 rings (SSSR count). The van der Waals surface area contributed by atoms with Gasteiger partial charge < -0.3 is 13.9 Å². The molecule has 2 heterocycles. The molecular weight excluding hydrogens is 206 g/mol. The van der Waals surface area contributed by atoms with Crippen LogP contribution in [0.5, 0.6) is 0 Å². The molecule has 0 aromatic carbocycles. The Labute approximate surface area is 96.1 Å². The first-order valence-corrected chi connectivity index (χ1v) is 5.78. The van der Waals surface area contributed by atoms with E-state index >= 15 is 0 Å². The van der Waals surface area contributed by atoms with Gasteiger partial charge >= 0.3 is 0 Å². The molecule has 1 saturated heterocycles. The first-order chi connectivity index (χ1) is 7.84. The van der Waals surface area contributed by atoms with Crippen molar-refractivity contribution < 1.29 is 13.9 Å². The minimum absolute atomic E-state index is 0.568. The van der Waals surface area contributed by atoms with Gasteiger partial charge in [-0.3, -0.25) is 4.90 Å². The molecule has 0 atom stereocenters. The molecule has 1 aliphatic rings. The zero-order valence-electron chi connectivity index (χ0n) is 9.78. The van der Waals surface area contributed by atoms with E-state index in [0.717, 1.165) is 51.0 Å². The Morgan fingerprint density at radius 3 is 2.81 bits per heavy atom. The van der Waals surface area contributed by atoms with Gasteiger partial charge in [-0.15, -0.1) is 0 Å². The maximum absolute atomic E-state index is 5.56. The van der Waals surface area contributed by atoms with Crippen molar-refractivity contribution >= 4 is 0 Å². The molecule has 1 fully saturated rings. The van der Waals surface area contributed by atoms with Crippen LogP contribution in [0.2, 0.25) is 0 Å². The van der Waals surface area contributed by atoms with Crippen molar-refractivity contribution in [3.05, 3.63) is 23.7 Å². The number of ether oxygens (including phenoxy) is 2. The molecule has 90 valence electrons. The minimum Gasteiger partial charge on any atom is -0.464 e. The highest BCUT2D eigenvalue weighted by molar-refractivity contribution is 5.04. The maximum atomic E-state index is 5.56. The molecule has 0 unspecified atom stereocenters. The van der Waals surface area contributed by atoms with E-state index in [2.05, 4.69) is 4.90 Å². The van der Waals surface area contributed by atoms with E-state index in [1.807, 2.05) is 19.1 Å². The fourth-order valence-corrected chi connectivity index (χ4v) is 1.75. The van der Waals surface area contributed by atoms with E-state index < -0.39 is 0 Å². The Bertz CT molecular complexity index is 305. The topological polar surface area (TPSA) is 34.8 Å². The largest absolute Gasteiger partial charge is 0.464 e. The molecule has 4 heteroatoms. The molecular formula is C12H19NO3. The van der Waals surface area contributed by atoms with Gasteiger partial charge in [0.2, 0.25) is 0 Å². The average molecular weight is 225 g/mol. The Morgan fingerprint density at radius 1 is 1.31 bits per heavy atom. The van der Waals surface area contributed by atoms with Crippen molar-refractivity contribution in [1.82, 2.24) is 4.90 Å². The Balaban J connectivity index is 1.57. The molecule has 0 spiro atoms. The van der Waals surface area contributed by atoms with Gasteiger partial charge in [0.05, 0.1) is 19.8 Å². The lowest BCUT2D eigenvalue weighted by atomic mass is 10.4. The summed E-state index contributed by atoms with van der Waals surface area (Å²) in [4.78, 5) is 2.36. The molecule has 4 nitrogen and oxygen atoms in total. The van der Waals surface area contributed by atoms with Crippen LogP contribution in [0.3, 0.4) is 0 Å². The van der Waals surface area contributed by atoms with E-state index in [1.165, 1.54) is 0 Å². The minimum atomic E-state index is 0.568. The summed E-state index contributed by atoms with van der Waals surface area (Å²) in [6.45, 7) is 7.96. The lowest BCUT2D eigenvalue weighted by Gasteiger charge is -2.26. The van der Waals surface area contributed by atoms with Crippen molar-refractivity contribution in [2.45, 2.75) is 13.5 Å². The second-order valence-electron chi connectivity index (χ2n) is 4.02. The van der Waals surface area contributed by atoms with Crippen LogP contribution in [-0.2, 0) is 16.1 Å². The van der Waals surface area contributed by atoms with Gasteiger partial charge in [0, 0.05) is 19.6 Å². The van der Waals surface area contributed by atoms with E-state index in [9.17, 15) is 0 Å². The monoisotopic (exact) mass is 225 g/mol. The summed E-state index contributed by atoms with van der Waals surface area (Å²) in [5.41, 5.74) is 0. The maximum Gasteiger partial charge on any atom is 0.129 e. The molecule has 1 aromatic heterocycles. The number of nitrogens with zero attached hydrogens (tertiary/aromatic N) is 1. The summed E-state index contributed by atoms with van der Waals surface area (Å²) in [5, 5.41) is 0. The molecule has 0 bridgehead atoms. The van der Waals surface area contributed by atoms with Crippen LogP contribution in [0.25, 0.3) is 0 Å². The molecule has 0 radical (unpaired) electrons. The Morgan fingerprint density at radius 2 is 2.12 bits per heavy atom. The fourth-order valence-electron chi connectivity index (χ4n) is 1.75. The van der Waals surface area contributed by atoms with Gasteiger partial charge in [-0.1, -0.05) is 0 Å². The number of rotatable bonds is 5. The number of aryl methyl sites for hydroxylation is 1. The predicted molar refractivity (Wildman–Crippen MR) is 60.4 cm³/mol. The molecule has 16 heavy (non-hydrogen) atoms. The van der Waals surface area contributed by atoms with E-state index in [0.29, 0.717) is 6.61 Å². The molecule has 0 saturated carbocycles. The van der Waals surface area contributed by atoms with Crippen LogP contribution in [0.15, 0.2) is 16.5 Å². The quantitative estimate of drug-likeness (QED) is 0.710. The third-order valence-electron chi connectivity index (χ3n) is 2.70. The highest BCUT2D eigenvalue weighted by Crippen LogP contribution is 2.07. The van der Waals surface area contributed by atoms with E-state index in [-0.39, 0.29) is 0 Å². The van der Waals surface area contributed by atoms with Crippen molar-refractivity contribution in [1.29, 1.82) is 0 Å². The molecule has 1 aliphatic heterocycles. The Kier molecular flexibility index (Phi) is 4.39. The van der Waals surface area contributed by atoms with Gasteiger partial charge in [0.25, 0.3) is 0 Å². The van der Waals surface area contributed by atoms with Gasteiger partial charge in [-0.25, -0.2) is 0 Å². The smallest absolute Gasteiger partial charge is 0.129 e. The van der Waals surface area contributed by atoms with E-state index in [4.69, 9.17) is 13.9 Å². The highest BCUT2D eigenvalue weighted by atomic mass is 16.5. The third kappa shape index (κ3) is 3.63.